The van der Waals surface area contributed by atoms with Crippen LogP contribution < -0.4 is 0 Å². The third-order valence-corrected chi connectivity index (χ3v) is 2.19. The van der Waals surface area contributed by atoms with Gasteiger partial charge in [0.05, 0.1) is 18.2 Å². The Labute approximate surface area is 101 Å². The van der Waals surface area contributed by atoms with E-state index in [0.29, 0.717) is 12.2 Å². The van der Waals surface area contributed by atoms with Crippen molar-refractivity contribution in [3.05, 3.63) is 41.5 Å². The Bertz CT molecular complexity index is 427. The molecule has 0 unspecified atom stereocenters. The molecule has 0 saturated heterocycles. The maximum atomic E-state index is 11.3. The van der Waals surface area contributed by atoms with Crippen LogP contribution in [-0.4, -0.2) is 12.6 Å². The lowest BCUT2D eigenvalue weighted by Gasteiger charge is -1.99. The molecule has 0 heterocycles. The number of unbranched alkanes of at least 4 members (excludes halogenated alkanes) is 1. The number of benzene rings is 1. The van der Waals surface area contributed by atoms with Crippen molar-refractivity contribution in [3.63, 3.8) is 0 Å². The number of nitriles is 1. The average molecular weight is 229 g/mol. The van der Waals surface area contributed by atoms with E-state index in [1.165, 1.54) is 6.08 Å². The van der Waals surface area contributed by atoms with Gasteiger partial charge in [0.2, 0.25) is 0 Å². The summed E-state index contributed by atoms with van der Waals surface area (Å²) in [5.41, 5.74) is 1.48. The van der Waals surface area contributed by atoms with Gasteiger partial charge in [0.15, 0.2) is 0 Å². The summed E-state index contributed by atoms with van der Waals surface area (Å²) < 4.78 is 4.97. The van der Waals surface area contributed by atoms with Gasteiger partial charge in [-0.05, 0) is 30.2 Å². The van der Waals surface area contributed by atoms with Crippen LogP contribution in [0.1, 0.15) is 30.9 Å². The maximum Gasteiger partial charge on any atom is 0.330 e. The minimum atomic E-state index is -0.331. The van der Waals surface area contributed by atoms with Crippen molar-refractivity contribution < 1.29 is 9.53 Å². The van der Waals surface area contributed by atoms with E-state index in [9.17, 15) is 4.79 Å². The van der Waals surface area contributed by atoms with Crippen molar-refractivity contribution in [2.75, 3.05) is 6.61 Å². The molecule has 0 fully saturated rings. The molecule has 88 valence electrons. The zero-order valence-corrected chi connectivity index (χ0v) is 9.85. The maximum absolute atomic E-state index is 11.3. The Morgan fingerprint density at radius 2 is 2.12 bits per heavy atom. The molecule has 0 N–H and O–H groups in total. The van der Waals surface area contributed by atoms with Crippen molar-refractivity contribution in [1.82, 2.24) is 0 Å². The van der Waals surface area contributed by atoms with Gasteiger partial charge in [-0.1, -0.05) is 25.5 Å². The molecule has 1 rings (SSSR count). The van der Waals surface area contributed by atoms with Crippen molar-refractivity contribution in [3.8, 4) is 6.07 Å². The second kappa shape index (κ2) is 7.24. The first-order valence-corrected chi connectivity index (χ1v) is 5.61. The third kappa shape index (κ3) is 4.98. The van der Waals surface area contributed by atoms with Crippen molar-refractivity contribution in [2.24, 2.45) is 0 Å². The van der Waals surface area contributed by atoms with Gasteiger partial charge in [-0.15, -0.1) is 0 Å². The average Bonchev–Trinajstić information content (AvgIpc) is 2.37. The minimum Gasteiger partial charge on any atom is -0.463 e. The largest absolute Gasteiger partial charge is 0.463 e. The first-order valence-electron chi connectivity index (χ1n) is 5.61. The van der Waals surface area contributed by atoms with E-state index >= 15 is 0 Å². The predicted molar refractivity (Wildman–Crippen MR) is 66.1 cm³/mol. The van der Waals surface area contributed by atoms with Crippen LogP contribution in [0.15, 0.2) is 30.3 Å². The summed E-state index contributed by atoms with van der Waals surface area (Å²) in [6, 6.07) is 9.03. The van der Waals surface area contributed by atoms with Crippen LogP contribution in [0.3, 0.4) is 0 Å². The predicted octanol–water partition coefficient (Wildman–Crippen LogP) is 2.91. The number of carbonyl (C=O) groups is 1. The van der Waals surface area contributed by atoms with Crippen LogP contribution in [0, 0.1) is 11.3 Å². The molecule has 17 heavy (non-hydrogen) atoms. The fourth-order valence-electron chi connectivity index (χ4n) is 1.20. The molecule has 1 aromatic rings. The van der Waals surface area contributed by atoms with Crippen molar-refractivity contribution in [2.45, 2.75) is 19.8 Å². The summed E-state index contributed by atoms with van der Waals surface area (Å²) in [5.74, 6) is -0.331. The molecule has 0 radical (unpaired) electrons. The summed E-state index contributed by atoms with van der Waals surface area (Å²) in [5, 5.41) is 8.62. The van der Waals surface area contributed by atoms with E-state index in [1.807, 2.05) is 13.0 Å². The SMILES string of the molecule is CCCCOC(=O)/C=C/c1ccc(C#N)cc1. The first-order chi connectivity index (χ1) is 8.26. The van der Waals surface area contributed by atoms with E-state index < -0.39 is 0 Å². The van der Waals surface area contributed by atoms with E-state index in [-0.39, 0.29) is 5.97 Å². The molecule has 0 atom stereocenters. The third-order valence-electron chi connectivity index (χ3n) is 2.19. The Balaban J connectivity index is 2.47. The van der Waals surface area contributed by atoms with Gasteiger partial charge < -0.3 is 4.74 Å². The number of esters is 1. The number of hydrogen-bond donors (Lipinski definition) is 0. The van der Waals surface area contributed by atoms with E-state index in [4.69, 9.17) is 10.00 Å². The standard InChI is InChI=1S/C14H15NO2/c1-2-3-10-17-14(16)9-8-12-4-6-13(11-15)7-5-12/h4-9H,2-3,10H2,1H3/b9-8+. The summed E-state index contributed by atoms with van der Waals surface area (Å²) in [6.45, 7) is 2.51. The number of ether oxygens (including phenoxy) is 1. The molecule has 0 aliphatic rings. The van der Waals surface area contributed by atoms with E-state index in [0.717, 1.165) is 18.4 Å². The summed E-state index contributed by atoms with van der Waals surface area (Å²) in [7, 11) is 0. The molecule has 3 nitrogen and oxygen atoms in total. The Kier molecular flexibility index (Phi) is 5.53. The van der Waals surface area contributed by atoms with Gasteiger partial charge in [0.25, 0.3) is 0 Å². The van der Waals surface area contributed by atoms with Gasteiger partial charge in [0.1, 0.15) is 0 Å². The minimum absolute atomic E-state index is 0.331. The highest BCUT2D eigenvalue weighted by Gasteiger charge is 1.96. The van der Waals surface area contributed by atoms with Crippen molar-refractivity contribution in [1.29, 1.82) is 5.26 Å². The quantitative estimate of drug-likeness (QED) is 0.443. The molecule has 0 aromatic heterocycles. The molecular weight excluding hydrogens is 214 g/mol. The Morgan fingerprint density at radius 3 is 2.71 bits per heavy atom. The first kappa shape index (κ1) is 13.0. The lowest BCUT2D eigenvalue weighted by molar-refractivity contribution is -0.137. The highest BCUT2D eigenvalue weighted by molar-refractivity contribution is 5.87. The topological polar surface area (TPSA) is 50.1 Å². The van der Waals surface area contributed by atoms with Crippen LogP contribution in [0.25, 0.3) is 6.08 Å². The van der Waals surface area contributed by atoms with Gasteiger partial charge in [-0.2, -0.15) is 5.26 Å². The Morgan fingerprint density at radius 1 is 1.41 bits per heavy atom. The fraction of sp³-hybridized carbons (Fsp3) is 0.286. The highest BCUT2D eigenvalue weighted by Crippen LogP contribution is 2.05. The van der Waals surface area contributed by atoms with Crippen LogP contribution in [0.2, 0.25) is 0 Å². The summed E-state index contributed by atoms with van der Waals surface area (Å²) >= 11 is 0. The summed E-state index contributed by atoms with van der Waals surface area (Å²) in [6.07, 6.45) is 4.97. The number of nitrogens with zero attached hydrogens (tertiary/aromatic N) is 1. The molecule has 0 bridgehead atoms. The second-order valence-corrected chi connectivity index (χ2v) is 3.59. The second-order valence-electron chi connectivity index (χ2n) is 3.59. The van der Waals surface area contributed by atoms with Gasteiger partial charge in [0, 0.05) is 6.08 Å². The lowest BCUT2D eigenvalue weighted by Crippen LogP contribution is -2.01. The molecule has 0 aliphatic carbocycles. The number of carbonyl (C=O) groups excluding carboxylic acids is 1. The molecule has 0 aliphatic heterocycles. The van der Waals surface area contributed by atoms with Gasteiger partial charge >= 0.3 is 5.97 Å². The lowest BCUT2D eigenvalue weighted by atomic mass is 10.1. The molecule has 0 amide bonds. The van der Waals surface area contributed by atoms with Crippen LogP contribution in [0.5, 0.6) is 0 Å². The van der Waals surface area contributed by atoms with Gasteiger partial charge in [-0.25, -0.2) is 4.79 Å². The van der Waals surface area contributed by atoms with Crippen molar-refractivity contribution >= 4 is 12.0 Å². The van der Waals surface area contributed by atoms with E-state index in [2.05, 4.69) is 0 Å². The zero-order valence-electron chi connectivity index (χ0n) is 9.85. The molecule has 1 aromatic carbocycles. The number of rotatable bonds is 5. The van der Waals surface area contributed by atoms with Gasteiger partial charge in [-0.3, -0.25) is 0 Å². The van der Waals surface area contributed by atoms with Crippen LogP contribution in [0.4, 0.5) is 0 Å². The van der Waals surface area contributed by atoms with Crippen LogP contribution in [-0.2, 0) is 9.53 Å². The fourth-order valence-corrected chi connectivity index (χ4v) is 1.20. The molecule has 0 saturated carbocycles. The van der Waals surface area contributed by atoms with E-state index in [1.54, 1.807) is 30.3 Å². The monoisotopic (exact) mass is 229 g/mol. The molecular formula is C14H15NO2. The van der Waals surface area contributed by atoms with Crippen LogP contribution >= 0.6 is 0 Å². The molecule has 3 heteroatoms. The zero-order chi connectivity index (χ0) is 12.5. The summed E-state index contributed by atoms with van der Waals surface area (Å²) in [4.78, 5) is 11.3. The smallest absolute Gasteiger partial charge is 0.330 e. The Hall–Kier alpha value is -2.08. The highest BCUT2D eigenvalue weighted by atomic mass is 16.5. The number of hydrogen-bond acceptors (Lipinski definition) is 3. The normalized spacial score (nSPS) is 10.1. The molecule has 0 spiro atoms.